The number of imidazole rings is 1. The van der Waals surface area contributed by atoms with Crippen LogP contribution in [0.1, 0.15) is 18.2 Å². The van der Waals surface area contributed by atoms with Crippen molar-refractivity contribution in [1.82, 2.24) is 20.0 Å². The maximum atomic E-state index is 5.36. The summed E-state index contributed by atoms with van der Waals surface area (Å²) in [6.07, 6.45) is 4.88. The fourth-order valence-electron chi connectivity index (χ4n) is 2.72. The zero-order valence-corrected chi connectivity index (χ0v) is 16.7. The molecule has 0 atom stereocenters. The fraction of sp³-hybridized carbons (Fsp3) is 0.368. The van der Waals surface area contributed by atoms with Gasteiger partial charge in [-0.05, 0) is 31.0 Å². The third-order valence-electron chi connectivity index (χ3n) is 4.04. The Morgan fingerprint density at radius 3 is 2.81 bits per heavy atom. The molecular weight excluding hydrogens is 362 g/mol. The van der Waals surface area contributed by atoms with E-state index in [0.717, 1.165) is 47.6 Å². The average Bonchev–Trinajstić information content (AvgIpc) is 3.27. The van der Waals surface area contributed by atoms with E-state index in [1.54, 1.807) is 25.6 Å². The Morgan fingerprint density at radius 1 is 1.22 bits per heavy atom. The molecule has 0 aliphatic carbocycles. The van der Waals surface area contributed by atoms with E-state index in [1.165, 1.54) is 5.56 Å². The molecule has 1 aromatic carbocycles. The van der Waals surface area contributed by atoms with Crippen LogP contribution in [0, 0.1) is 0 Å². The summed E-state index contributed by atoms with van der Waals surface area (Å²) < 4.78 is 12.7. The maximum Gasteiger partial charge on any atom is 0.193 e. The average molecular weight is 388 g/mol. The molecule has 144 valence electrons. The number of methoxy groups -OCH3 is 2. The molecule has 0 saturated carbocycles. The van der Waals surface area contributed by atoms with Gasteiger partial charge in [-0.25, -0.2) is 9.98 Å². The summed E-state index contributed by atoms with van der Waals surface area (Å²) in [5.41, 5.74) is 2.13. The number of aliphatic imine (C=N–C) groups is 1. The molecule has 2 aromatic heterocycles. The van der Waals surface area contributed by atoms with Gasteiger partial charge in [0.15, 0.2) is 22.4 Å². The highest BCUT2D eigenvalue weighted by Crippen LogP contribution is 2.27. The lowest BCUT2D eigenvalue weighted by atomic mass is 10.1. The van der Waals surface area contributed by atoms with Crippen molar-refractivity contribution in [3.8, 4) is 11.5 Å². The molecule has 0 saturated heterocycles. The van der Waals surface area contributed by atoms with E-state index in [0.29, 0.717) is 6.54 Å². The molecule has 0 spiro atoms. The van der Waals surface area contributed by atoms with Crippen molar-refractivity contribution >= 4 is 22.3 Å². The van der Waals surface area contributed by atoms with Crippen molar-refractivity contribution in [2.75, 3.05) is 27.3 Å². The Labute approximate surface area is 163 Å². The number of ether oxygens (including phenoxy) is 2. The highest BCUT2D eigenvalue weighted by Gasteiger charge is 2.06. The summed E-state index contributed by atoms with van der Waals surface area (Å²) in [6, 6.07) is 5.98. The van der Waals surface area contributed by atoms with Gasteiger partial charge in [-0.2, -0.15) is 0 Å². The molecule has 0 aliphatic heterocycles. The maximum absolute atomic E-state index is 5.36. The summed E-state index contributed by atoms with van der Waals surface area (Å²) in [4.78, 5) is 10.2. The first-order chi connectivity index (χ1) is 13.2. The minimum absolute atomic E-state index is 0.542. The number of fused-ring (bicyclic) bond motifs is 1. The van der Waals surface area contributed by atoms with Crippen LogP contribution >= 0.6 is 11.3 Å². The molecular formula is C19H25N5O2S. The molecule has 0 aliphatic rings. The SMILES string of the molecule is CCNC(=NCc1cn2ccsc2n1)NCCc1ccc(OC)c(OC)c1. The standard InChI is InChI=1S/C19H25N5O2S/c1-4-20-18(22-12-15-13-24-9-10-27-19(24)23-15)21-8-7-14-5-6-16(25-2)17(11-14)26-3/h5-6,9-11,13H,4,7-8,12H2,1-3H3,(H2,20,21,22). The van der Waals surface area contributed by atoms with E-state index in [1.807, 2.05) is 40.4 Å². The topological polar surface area (TPSA) is 72.2 Å². The molecule has 3 aromatic rings. The van der Waals surface area contributed by atoms with E-state index in [4.69, 9.17) is 9.47 Å². The molecule has 0 bridgehead atoms. The van der Waals surface area contributed by atoms with E-state index < -0.39 is 0 Å². The Morgan fingerprint density at radius 2 is 2.07 bits per heavy atom. The quantitative estimate of drug-likeness (QED) is 0.459. The van der Waals surface area contributed by atoms with Gasteiger partial charge in [0.05, 0.1) is 26.5 Å². The van der Waals surface area contributed by atoms with Crippen LogP contribution in [0.5, 0.6) is 11.5 Å². The van der Waals surface area contributed by atoms with Gasteiger partial charge in [0.1, 0.15) is 0 Å². The number of guanidine groups is 1. The van der Waals surface area contributed by atoms with Crippen LogP contribution in [0.4, 0.5) is 0 Å². The second-order valence-electron chi connectivity index (χ2n) is 5.89. The third kappa shape index (κ3) is 4.91. The van der Waals surface area contributed by atoms with E-state index in [2.05, 4.69) is 27.5 Å². The Balaban J connectivity index is 1.56. The predicted molar refractivity (Wildman–Crippen MR) is 109 cm³/mol. The van der Waals surface area contributed by atoms with Gasteiger partial charge in [0.25, 0.3) is 0 Å². The first-order valence-electron chi connectivity index (χ1n) is 8.87. The Kier molecular flexibility index (Phi) is 6.54. The number of nitrogens with one attached hydrogen (secondary N) is 2. The number of benzene rings is 1. The first-order valence-corrected chi connectivity index (χ1v) is 9.75. The van der Waals surface area contributed by atoms with Crippen LogP contribution in [0.2, 0.25) is 0 Å². The van der Waals surface area contributed by atoms with Crippen molar-refractivity contribution in [3.63, 3.8) is 0 Å². The molecule has 8 heteroatoms. The second-order valence-corrected chi connectivity index (χ2v) is 6.76. The van der Waals surface area contributed by atoms with Crippen molar-refractivity contribution < 1.29 is 9.47 Å². The lowest BCUT2D eigenvalue weighted by molar-refractivity contribution is 0.354. The van der Waals surface area contributed by atoms with Crippen LogP contribution < -0.4 is 20.1 Å². The van der Waals surface area contributed by atoms with Crippen LogP contribution in [-0.4, -0.2) is 42.7 Å². The molecule has 2 N–H and O–H groups in total. The zero-order valence-electron chi connectivity index (χ0n) is 15.9. The van der Waals surface area contributed by atoms with Gasteiger partial charge < -0.3 is 20.1 Å². The van der Waals surface area contributed by atoms with Gasteiger partial charge >= 0.3 is 0 Å². The van der Waals surface area contributed by atoms with Gasteiger partial charge in [-0.15, -0.1) is 11.3 Å². The molecule has 0 unspecified atom stereocenters. The molecule has 2 heterocycles. The largest absolute Gasteiger partial charge is 0.493 e. The van der Waals surface area contributed by atoms with Crippen LogP contribution in [0.15, 0.2) is 41.0 Å². The van der Waals surface area contributed by atoms with Crippen molar-refractivity contribution in [3.05, 3.63) is 47.2 Å². The normalized spacial score (nSPS) is 11.6. The molecule has 27 heavy (non-hydrogen) atoms. The zero-order chi connectivity index (χ0) is 19.1. The molecule has 3 rings (SSSR count). The summed E-state index contributed by atoms with van der Waals surface area (Å²) in [5, 5.41) is 8.66. The third-order valence-corrected chi connectivity index (χ3v) is 4.81. The highest BCUT2D eigenvalue weighted by molar-refractivity contribution is 7.15. The molecule has 7 nitrogen and oxygen atoms in total. The van der Waals surface area contributed by atoms with E-state index in [9.17, 15) is 0 Å². The number of rotatable bonds is 8. The summed E-state index contributed by atoms with van der Waals surface area (Å²) in [7, 11) is 3.29. The van der Waals surface area contributed by atoms with E-state index in [-0.39, 0.29) is 0 Å². The number of aromatic nitrogens is 2. The van der Waals surface area contributed by atoms with Crippen molar-refractivity contribution in [2.45, 2.75) is 19.9 Å². The number of nitrogens with zero attached hydrogens (tertiary/aromatic N) is 3. The predicted octanol–water partition coefficient (Wildman–Crippen LogP) is 2.71. The van der Waals surface area contributed by atoms with Crippen molar-refractivity contribution in [2.24, 2.45) is 4.99 Å². The highest BCUT2D eigenvalue weighted by atomic mass is 32.1. The monoisotopic (exact) mass is 387 g/mol. The van der Waals surface area contributed by atoms with Crippen LogP contribution in [-0.2, 0) is 13.0 Å². The minimum Gasteiger partial charge on any atom is -0.493 e. The molecule has 0 amide bonds. The first kappa shape index (κ1) is 19.0. The lowest BCUT2D eigenvalue weighted by Crippen LogP contribution is -2.38. The molecule has 0 fully saturated rings. The van der Waals surface area contributed by atoms with Crippen LogP contribution in [0.25, 0.3) is 4.96 Å². The number of hydrogen-bond donors (Lipinski definition) is 2. The second kappa shape index (κ2) is 9.27. The Hall–Kier alpha value is -2.74. The number of thiazole rings is 1. The Bertz CT molecular complexity index is 874. The van der Waals surface area contributed by atoms with Gasteiger partial charge in [0, 0.05) is 30.9 Å². The van der Waals surface area contributed by atoms with E-state index >= 15 is 0 Å². The van der Waals surface area contributed by atoms with Gasteiger partial charge in [0.2, 0.25) is 0 Å². The summed E-state index contributed by atoms with van der Waals surface area (Å²) in [5.74, 6) is 2.27. The van der Waals surface area contributed by atoms with Crippen LogP contribution in [0.3, 0.4) is 0 Å². The molecule has 0 radical (unpaired) electrons. The fourth-order valence-corrected chi connectivity index (χ4v) is 3.43. The minimum atomic E-state index is 0.542. The summed E-state index contributed by atoms with van der Waals surface area (Å²) >= 11 is 1.62. The number of hydrogen-bond acceptors (Lipinski definition) is 5. The van der Waals surface area contributed by atoms with Crippen molar-refractivity contribution in [1.29, 1.82) is 0 Å². The van der Waals surface area contributed by atoms with Gasteiger partial charge in [-0.1, -0.05) is 6.07 Å². The smallest absolute Gasteiger partial charge is 0.193 e. The van der Waals surface area contributed by atoms with Gasteiger partial charge in [-0.3, -0.25) is 4.40 Å². The lowest BCUT2D eigenvalue weighted by Gasteiger charge is -2.12. The summed E-state index contributed by atoms with van der Waals surface area (Å²) in [6.45, 7) is 4.16.